The van der Waals surface area contributed by atoms with Gasteiger partial charge in [0.1, 0.15) is 0 Å². The van der Waals surface area contributed by atoms with E-state index >= 15 is 0 Å². The summed E-state index contributed by atoms with van der Waals surface area (Å²) in [5.74, 6) is 0.310. The molecule has 0 aliphatic carbocycles. The Labute approximate surface area is 126 Å². The maximum atomic E-state index is 12.4. The molecule has 1 aromatic heterocycles. The molecule has 0 aromatic carbocycles. The van der Waals surface area contributed by atoms with Crippen LogP contribution in [-0.2, 0) is 11.2 Å². The smallest absolute Gasteiger partial charge is 0.222 e. The Bertz CT molecular complexity index is 397. The first-order valence-electron chi connectivity index (χ1n) is 7.72. The maximum absolute atomic E-state index is 12.4. The highest BCUT2D eigenvalue weighted by molar-refractivity contribution is 7.09. The van der Waals surface area contributed by atoms with Gasteiger partial charge in [0, 0.05) is 29.9 Å². The van der Waals surface area contributed by atoms with Crippen molar-refractivity contribution >= 4 is 17.2 Å². The molecule has 0 radical (unpaired) electrons. The van der Waals surface area contributed by atoms with Gasteiger partial charge in [-0.15, -0.1) is 11.3 Å². The zero-order valence-electron chi connectivity index (χ0n) is 12.6. The highest BCUT2D eigenvalue weighted by Crippen LogP contribution is 2.15. The number of nitrogens with zero attached hydrogens (tertiary/aromatic N) is 1. The summed E-state index contributed by atoms with van der Waals surface area (Å²) in [5.41, 5.74) is 0. The highest BCUT2D eigenvalue weighted by atomic mass is 32.1. The zero-order valence-corrected chi connectivity index (χ0v) is 13.4. The first-order chi connectivity index (χ1) is 9.66. The molecule has 2 heterocycles. The number of nitrogens with one attached hydrogen (secondary N) is 1. The van der Waals surface area contributed by atoms with Crippen LogP contribution in [0.25, 0.3) is 0 Å². The molecule has 1 fully saturated rings. The van der Waals surface area contributed by atoms with Gasteiger partial charge in [-0.1, -0.05) is 6.07 Å². The van der Waals surface area contributed by atoms with Crippen molar-refractivity contribution in [1.29, 1.82) is 0 Å². The summed E-state index contributed by atoms with van der Waals surface area (Å²) in [6, 6.07) is 5.02. The second-order valence-electron chi connectivity index (χ2n) is 5.87. The molecule has 1 unspecified atom stereocenters. The Hall–Kier alpha value is -0.870. The number of hydrogen-bond donors (Lipinski definition) is 1. The second-order valence-corrected chi connectivity index (χ2v) is 6.90. The maximum Gasteiger partial charge on any atom is 0.222 e. The Morgan fingerprint density at radius 2 is 2.40 bits per heavy atom. The summed E-state index contributed by atoms with van der Waals surface area (Å²) in [6.07, 6.45) is 5.09. The summed E-state index contributed by atoms with van der Waals surface area (Å²) in [5, 5.41) is 5.58. The first kappa shape index (κ1) is 15.5. The Morgan fingerprint density at radius 1 is 1.55 bits per heavy atom. The van der Waals surface area contributed by atoms with Gasteiger partial charge in [0.2, 0.25) is 5.91 Å². The van der Waals surface area contributed by atoms with Gasteiger partial charge in [-0.3, -0.25) is 4.79 Å². The van der Waals surface area contributed by atoms with Crippen molar-refractivity contribution in [1.82, 2.24) is 10.2 Å². The molecule has 0 spiro atoms. The molecule has 4 heteroatoms. The lowest BCUT2D eigenvalue weighted by Gasteiger charge is -2.29. The Morgan fingerprint density at radius 3 is 3.00 bits per heavy atom. The molecule has 1 N–H and O–H groups in total. The van der Waals surface area contributed by atoms with Crippen LogP contribution in [0.4, 0.5) is 0 Å². The van der Waals surface area contributed by atoms with Gasteiger partial charge >= 0.3 is 0 Å². The van der Waals surface area contributed by atoms with E-state index in [1.54, 1.807) is 11.3 Å². The van der Waals surface area contributed by atoms with E-state index in [0.29, 0.717) is 24.4 Å². The minimum Gasteiger partial charge on any atom is -0.339 e. The molecule has 1 saturated heterocycles. The van der Waals surface area contributed by atoms with Crippen molar-refractivity contribution in [2.75, 3.05) is 13.1 Å². The van der Waals surface area contributed by atoms with Crippen LogP contribution in [0.1, 0.15) is 44.4 Å². The normalized spacial score (nSPS) is 18.6. The van der Waals surface area contributed by atoms with Gasteiger partial charge < -0.3 is 10.2 Å². The number of aryl methyl sites for hydroxylation is 1. The number of amides is 1. The van der Waals surface area contributed by atoms with E-state index in [9.17, 15) is 4.79 Å². The Kier molecular flexibility index (Phi) is 6.05. The van der Waals surface area contributed by atoms with Crippen LogP contribution >= 0.6 is 11.3 Å². The largest absolute Gasteiger partial charge is 0.339 e. The van der Waals surface area contributed by atoms with Crippen LogP contribution in [0.5, 0.6) is 0 Å². The summed E-state index contributed by atoms with van der Waals surface area (Å²) >= 11 is 1.78. The van der Waals surface area contributed by atoms with Gasteiger partial charge in [-0.2, -0.15) is 0 Å². The zero-order chi connectivity index (χ0) is 14.4. The standard InChI is InChI=1S/C16H26N2OS/c1-13(2)18(12-14-6-4-10-17-14)16(19)9-3-7-15-8-5-11-20-15/h5,8,11,13-14,17H,3-4,6-7,9-10,12H2,1-2H3. The van der Waals surface area contributed by atoms with Gasteiger partial charge in [0.25, 0.3) is 0 Å². The minimum absolute atomic E-state index is 0.298. The van der Waals surface area contributed by atoms with Gasteiger partial charge in [-0.05, 0) is 57.5 Å². The third-order valence-electron chi connectivity index (χ3n) is 3.92. The van der Waals surface area contributed by atoms with E-state index in [4.69, 9.17) is 0 Å². The molecule has 3 nitrogen and oxygen atoms in total. The summed E-state index contributed by atoms with van der Waals surface area (Å²) in [7, 11) is 0. The van der Waals surface area contributed by atoms with Crippen molar-refractivity contribution < 1.29 is 4.79 Å². The molecule has 20 heavy (non-hydrogen) atoms. The average Bonchev–Trinajstić information content (AvgIpc) is 3.08. The number of carbonyl (C=O) groups excluding carboxylic acids is 1. The van der Waals surface area contributed by atoms with Crippen LogP contribution in [0.2, 0.25) is 0 Å². The van der Waals surface area contributed by atoms with Crippen molar-refractivity contribution in [3.05, 3.63) is 22.4 Å². The lowest BCUT2D eigenvalue weighted by atomic mass is 10.1. The minimum atomic E-state index is 0.298. The fourth-order valence-corrected chi connectivity index (χ4v) is 3.51. The van der Waals surface area contributed by atoms with Gasteiger partial charge in [-0.25, -0.2) is 0 Å². The fourth-order valence-electron chi connectivity index (χ4n) is 2.76. The average molecular weight is 294 g/mol. The molecule has 0 bridgehead atoms. The van der Waals surface area contributed by atoms with Crippen LogP contribution in [0.15, 0.2) is 17.5 Å². The summed E-state index contributed by atoms with van der Waals surface area (Å²) < 4.78 is 0. The van der Waals surface area contributed by atoms with Crippen LogP contribution in [-0.4, -0.2) is 36.0 Å². The third kappa shape index (κ3) is 4.60. The van der Waals surface area contributed by atoms with Crippen molar-refractivity contribution in [2.24, 2.45) is 0 Å². The second kappa shape index (κ2) is 7.79. The Balaban J connectivity index is 1.77. The number of carbonyl (C=O) groups is 1. The quantitative estimate of drug-likeness (QED) is 0.838. The van der Waals surface area contributed by atoms with Crippen molar-refractivity contribution in [3.63, 3.8) is 0 Å². The van der Waals surface area contributed by atoms with E-state index < -0.39 is 0 Å². The van der Waals surface area contributed by atoms with Crippen molar-refractivity contribution in [2.45, 2.75) is 58.0 Å². The topological polar surface area (TPSA) is 32.3 Å². The predicted molar refractivity (Wildman–Crippen MR) is 85.1 cm³/mol. The lowest BCUT2D eigenvalue weighted by Crippen LogP contribution is -2.44. The molecule has 1 aromatic rings. The molecular weight excluding hydrogens is 268 g/mol. The summed E-state index contributed by atoms with van der Waals surface area (Å²) in [6.45, 7) is 6.21. The van der Waals surface area contributed by atoms with E-state index in [1.807, 2.05) is 0 Å². The molecule has 112 valence electrons. The monoisotopic (exact) mass is 294 g/mol. The number of rotatable bonds is 7. The van der Waals surface area contributed by atoms with Gasteiger partial charge in [0.05, 0.1) is 0 Å². The van der Waals surface area contributed by atoms with Gasteiger partial charge in [0.15, 0.2) is 0 Å². The van der Waals surface area contributed by atoms with Crippen LogP contribution < -0.4 is 5.32 Å². The van der Waals surface area contributed by atoms with E-state index in [1.165, 1.54) is 17.7 Å². The lowest BCUT2D eigenvalue weighted by molar-refractivity contribution is -0.133. The van der Waals surface area contributed by atoms with E-state index in [2.05, 4.69) is 41.6 Å². The van der Waals surface area contributed by atoms with E-state index in [-0.39, 0.29) is 0 Å². The molecule has 1 aliphatic heterocycles. The van der Waals surface area contributed by atoms with Crippen molar-refractivity contribution in [3.8, 4) is 0 Å². The highest BCUT2D eigenvalue weighted by Gasteiger charge is 2.23. The molecule has 2 rings (SSSR count). The first-order valence-corrected chi connectivity index (χ1v) is 8.60. The molecule has 1 amide bonds. The third-order valence-corrected chi connectivity index (χ3v) is 4.85. The molecule has 0 saturated carbocycles. The molecule has 1 aliphatic rings. The van der Waals surface area contributed by atoms with Crippen LogP contribution in [0, 0.1) is 0 Å². The molecular formula is C16H26N2OS. The fraction of sp³-hybridized carbons (Fsp3) is 0.688. The molecule has 1 atom stereocenters. The van der Waals surface area contributed by atoms with Crippen LogP contribution in [0.3, 0.4) is 0 Å². The number of thiophene rings is 1. The predicted octanol–water partition coefficient (Wildman–Crippen LogP) is 3.06. The SMILES string of the molecule is CC(C)N(CC1CCCN1)C(=O)CCCc1cccs1. The van der Waals surface area contributed by atoms with E-state index in [0.717, 1.165) is 25.9 Å². The number of hydrogen-bond acceptors (Lipinski definition) is 3. The summed E-state index contributed by atoms with van der Waals surface area (Å²) in [4.78, 5) is 15.8.